The molecule has 0 bridgehead atoms. The standard InChI is InChI=1S/C12H11NO4/c1-13-12(15)16-9-5-8-11(14)17-10-6-3-2-4-7-10/h2-4,6-7H,9H2,1H3,(H,13,15). The molecule has 0 aliphatic heterocycles. The SMILES string of the molecule is CNC(=O)OCC#CC(=O)Oc1ccccc1. The van der Waals surface area contributed by atoms with Gasteiger partial charge in [0, 0.05) is 13.0 Å². The number of para-hydroxylation sites is 1. The van der Waals surface area contributed by atoms with Gasteiger partial charge >= 0.3 is 12.1 Å². The number of nitrogens with one attached hydrogen (secondary N) is 1. The fraction of sp³-hybridized carbons (Fsp3) is 0.167. The molecule has 0 fully saturated rings. The van der Waals surface area contributed by atoms with Gasteiger partial charge in [0.2, 0.25) is 0 Å². The van der Waals surface area contributed by atoms with Gasteiger partial charge in [0.05, 0.1) is 0 Å². The number of carbonyl (C=O) groups excluding carboxylic acids is 2. The smallest absolute Gasteiger partial charge is 0.407 e. The molecule has 0 radical (unpaired) electrons. The fourth-order valence-corrected chi connectivity index (χ4v) is 0.903. The Morgan fingerprint density at radius 2 is 2.00 bits per heavy atom. The molecular formula is C12H11NO4. The molecule has 0 aliphatic carbocycles. The van der Waals surface area contributed by atoms with E-state index in [0.29, 0.717) is 5.75 Å². The predicted molar refractivity (Wildman–Crippen MR) is 60.3 cm³/mol. The van der Waals surface area contributed by atoms with E-state index in [9.17, 15) is 9.59 Å². The van der Waals surface area contributed by atoms with E-state index in [2.05, 4.69) is 21.9 Å². The van der Waals surface area contributed by atoms with Crippen molar-refractivity contribution >= 4 is 12.1 Å². The van der Waals surface area contributed by atoms with Crippen LogP contribution in [0.15, 0.2) is 30.3 Å². The van der Waals surface area contributed by atoms with E-state index in [1.807, 2.05) is 0 Å². The maximum atomic E-state index is 11.2. The maximum Gasteiger partial charge on any atom is 0.407 e. The average Bonchev–Trinajstić information content (AvgIpc) is 2.35. The third-order valence-electron chi connectivity index (χ3n) is 1.62. The molecular weight excluding hydrogens is 222 g/mol. The van der Waals surface area contributed by atoms with E-state index in [-0.39, 0.29) is 6.61 Å². The van der Waals surface area contributed by atoms with Gasteiger partial charge in [0.15, 0.2) is 6.61 Å². The molecule has 0 aromatic heterocycles. The Balaban J connectivity index is 2.35. The Morgan fingerprint density at radius 1 is 1.29 bits per heavy atom. The Hall–Kier alpha value is -2.48. The van der Waals surface area contributed by atoms with E-state index in [4.69, 9.17) is 4.74 Å². The maximum absolute atomic E-state index is 11.2. The highest BCUT2D eigenvalue weighted by Crippen LogP contribution is 2.07. The van der Waals surface area contributed by atoms with E-state index in [0.717, 1.165) is 0 Å². The minimum Gasteiger partial charge on any atom is -0.436 e. The Kier molecular flexibility index (Phi) is 5.11. The van der Waals surface area contributed by atoms with Crippen LogP contribution in [0.3, 0.4) is 0 Å². The lowest BCUT2D eigenvalue weighted by atomic mass is 10.3. The highest BCUT2D eigenvalue weighted by molar-refractivity contribution is 5.90. The zero-order valence-corrected chi connectivity index (χ0v) is 9.23. The van der Waals surface area contributed by atoms with E-state index in [1.54, 1.807) is 30.3 Å². The quantitative estimate of drug-likeness (QED) is 0.357. The average molecular weight is 233 g/mol. The summed E-state index contributed by atoms with van der Waals surface area (Å²) in [4.78, 5) is 21.8. The first kappa shape index (κ1) is 12.6. The van der Waals surface area contributed by atoms with Crippen molar-refractivity contribution in [2.24, 2.45) is 0 Å². The van der Waals surface area contributed by atoms with Crippen molar-refractivity contribution in [2.75, 3.05) is 13.7 Å². The zero-order valence-electron chi connectivity index (χ0n) is 9.23. The van der Waals surface area contributed by atoms with Crippen LogP contribution in [0.2, 0.25) is 0 Å². The van der Waals surface area contributed by atoms with Gasteiger partial charge in [-0.15, -0.1) is 0 Å². The lowest BCUT2D eigenvalue weighted by Gasteiger charge is -1.98. The molecule has 0 unspecified atom stereocenters. The fourth-order valence-electron chi connectivity index (χ4n) is 0.903. The molecule has 1 aromatic carbocycles. The second-order valence-corrected chi connectivity index (χ2v) is 2.83. The molecule has 0 spiro atoms. The molecule has 5 heteroatoms. The van der Waals surface area contributed by atoms with Crippen molar-refractivity contribution < 1.29 is 19.1 Å². The summed E-state index contributed by atoms with van der Waals surface area (Å²) in [5.41, 5.74) is 0. The molecule has 1 N–H and O–H groups in total. The second-order valence-electron chi connectivity index (χ2n) is 2.83. The normalized spacial score (nSPS) is 8.53. The first-order valence-electron chi connectivity index (χ1n) is 4.82. The number of esters is 1. The Morgan fingerprint density at radius 3 is 2.65 bits per heavy atom. The summed E-state index contributed by atoms with van der Waals surface area (Å²) in [7, 11) is 1.43. The molecule has 1 rings (SSSR count). The number of alkyl carbamates (subject to hydrolysis) is 1. The first-order valence-corrected chi connectivity index (χ1v) is 4.82. The van der Waals surface area contributed by atoms with Crippen molar-refractivity contribution in [3.8, 4) is 17.6 Å². The van der Waals surface area contributed by atoms with Gasteiger partial charge in [-0.2, -0.15) is 0 Å². The number of hydrogen-bond donors (Lipinski definition) is 1. The molecule has 0 aliphatic rings. The number of ether oxygens (including phenoxy) is 2. The number of amides is 1. The van der Waals surface area contributed by atoms with Crippen molar-refractivity contribution in [2.45, 2.75) is 0 Å². The van der Waals surface area contributed by atoms with Crippen LogP contribution in [0.25, 0.3) is 0 Å². The summed E-state index contributed by atoms with van der Waals surface area (Å²) >= 11 is 0. The van der Waals surface area contributed by atoms with Crippen LogP contribution in [-0.2, 0) is 9.53 Å². The summed E-state index contributed by atoms with van der Waals surface area (Å²) in [5, 5.41) is 2.25. The molecule has 0 saturated heterocycles. The third kappa shape index (κ3) is 5.23. The lowest BCUT2D eigenvalue weighted by molar-refractivity contribution is -0.128. The van der Waals surface area contributed by atoms with Gasteiger partial charge in [-0.1, -0.05) is 18.2 Å². The predicted octanol–water partition coefficient (Wildman–Crippen LogP) is 0.951. The van der Waals surface area contributed by atoms with Crippen LogP contribution in [-0.4, -0.2) is 25.7 Å². The van der Waals surface area contributed by atoms with Crippen molar-refractivity contribution in [1.29, 1.82) is 0 Å². The molecule has 0 heterocycles. The largest absolute Gasteiger partial charge is 0.436 e. The van der Waals surface area contributed by atoms with Gasteiger partial charge in [0.25, 0.3) is 0 Å². The summed E-state index contributed by atoms with van der Waals surface area (Å²) in [6.45, 7) is -0.163. The van der Waals surface area contributed by atoms with E-state index < -0.39 is 12.1 Å². The Bertz CT molecular complexity index is 445. The summed E-state index contributed by atoms with van der Waals surface area (Å²) in [5.74, 6) is 4.28. The summed E-state index contributed by atoms with van der Waals surface area (Å²) in [6.07, 6.45) is -0.601. The number of benzene rings is 1. The van der Waals surface area contributed by atoms with Gasteiger partial charge in [-0.25, -0.2) is 9.59 Å². The minimum absolute atomic E-state index is 0.163. The lowest BCUT2D eigenvalue weighted by Crippen LogP contribution is -2.19. The number of rotatable bonds is 2. The van der Waals surface area contributed by atoms with Crippen LogP contribution in [0.1, 0.15) is 0 Å². The van der Waals surface area contributed by atoms with Gasteiger partial charge in [0.1, 0.15) is 5.75 Å². The Labute approximate surface area is 98.7 Å². The molecule has 5 nitrogen and oxygen atoms in total. The topological polar surface area (TPSA) is 64.6 Å². The third-order valence-corrected chi connectivity index (χ3v) is 1.62. The number of hydrogen-bond acceptors (Lipinski definition) is 4. The zero-order chi connectivity index (χ0) is 12.5. The van der Waals surface area contributed by atoms with Crippen molar-refractivity contribution in [3.63, 3.8) is 0 Å². The van der Waals surface area contributed by atoms with Crippen LogP contribution < -0.4 is 10.1 Å². The van der Waals surface area contributed by atoms with Crippen LogP contribution >= 0.6 is 0 Å². The highest BCUT2D eigenvalue weighted by atomic mass is 16.5. The molecule has 0 atom stereocenters. The molecule has 88 valence electrons. The molecule has 0 saturated carbocycles. The van der Waals surface area contributed by atoms with Gasteiger partial charge in [-0.3, -0.25) is 0 Å². The van der Waals surface area contributed by atoms with Crippen LogP contribution in [0, 0.1) is 11.8 Å². The van der Waals surface area contributed by atoms with E-state index in [1.165, 1.54) is 7.05 Å². The van der Waals surface area contributed by atoms with Crippen molar-refractivity contribution in [3.05, 3.63) is 30.3 Å². The monoisotopic (exact) mass is 233 g/mol. The van der Waals surface area contributed by atoms with E-state index >= 15 is 0 Å². The summed E-state index contributed by atoms with van der Waals surface area (Å²) in [6, 6.07) is 8.57. The molecule has 17 heavy (non-hydrogen) atoms. The summed E-state index contributed by atoms with van der Waals surface area (Å²) < 4.78 is 9.44. The van der Waals surface area contributed by atoms with Gasteiger partial charge < -0.3 is 14.8 Å². The van der Waals surface area contributed by atoms with Crippen LogP contribution in [0.5, 0.6) is 5.75 Å². The first-order chi connectivity index (χ1) is 8.22. The minimum atomic E-state index is -0.697. The van der Waals surface area contributed by atoms with Crippen molar-refractivity contribution in [1.82, 2.24) is 5.32 Å². The molecule has 1 amide bonds. The number of carbonyl (C=O) groups is 2. The second kappa shape index (κ2) is 6.90. The van der Waals surface area contributed by atoms with Crippen LogP contribution in [0.4, 0.5) is 4.79 Å². The van der Waals surface area contributed by atoms with Gasteiger partial charge in [-0.05, 0) is 18.1 Å². The molecule has 1 aromatic rings. The highest BCUT2D eigenvalue weighted by Gasteiger charge is 1.99.